The molecular weight excluding hydrogens is 323 g/mol. The number of anilines is 1. The van der Waals surface area contributed by atoms with E-state index in [1.165, 1.54) is 19.2 Å². The van der Waals surface area contributed by atoms with Gasteiger partial charge in [-0.15, -0.1) is 0 Å². The van der Waals surface area contributed by atoms with E-state index in [4.69, 9.17) is 16.7 Å². The van der Waals surface area contributed by atoms with Crippen molar-refractivity contribution in [3.05, 3.63) is 47.0 Å². The maximum absolute atomic E-state index is 13.6. The SMILES string of the molecule is Cn1cc(S(=O)(=O)Nc2ccc(Cl)cc2F)cc1C(=O)O. The van der Waals surface area contributed by atoms with Crippen LogP contribution in [0.25, 0.3) is 0 Å². The van der Waals surface area contributed by atoms with Crippen molar-refractivity contribution in [2.24, 2.45) is 7.05 Å². The lowest BCUT2D eigenvalue weighted by atomic mass is 10.3. The number of hydrogen-bond acceptors (Lipinski definition) is 3. The number of aryl methyl sites for hydroxylation is 1. The van der Waals surface area contributed by atoms with Crippen LogP contribution in [-0.2, 0) is 17.1 Å². The molecule has 0 saturated heterocycles. The fraction of sp³-hybridized carbons (Fsp3) is 0.0833. The Kier molecular flexibility index (Phi) is 3.93. The fourth-order valence-electron chi connectivity index (χ4n) is 1.67. The molecule has 0 amide bonds. The molecule has 6 nitrogen and oxygen atoms in total. The molecule has 2 aromatic rings. The smallest absolute Gasteiger partial charge is 0.352 e. The number of benzene rings is 1. The molecule has 0 saturated carbocycles. The number of aromatic carboxylic acids is 1. The monoisotopic (exact) mass is 332 g/mol. The van der Waals surface area contributed by atoms with E-state index in [2.05, 4.69) is 0 Å². The summed E-state index contributed by atoms with van der Waals surface area (Å²) < 4.78 is 41.0. The average Bonchev–Trinajstić information content (AvgIpc) is 2.76. The summed E-state index contributed by atoms with van der Waals surface area (Å²) in [6.07, 6.45) is 1.12. The lowest BCUT2D eigenvalue weighted by Gasteiger charge is -2.07. The second kappa shape index (κ2) is 5.38. The van der Waals surface area contributed by atoms with E-state index in [1.54, 1.807) is 0 Å². The third-order valence-electron chi connectivity index (χ3n) is 2.68. The van der Waals surface area contributed by atoms with E-state index >= 15 is 0 Å². The minimum Gasteiger partial charge on any atom is -0.477 e. The predicted octanol–water partition coefficient (Wildman–Crippen LogP) is 2.32. The van der Waals surface area contributed by atoms with Crippen molar-refractivity contribution in [3.63, 3.8) is 0 Å². The van der Waals surface area contributed by atoms with Crippen molar-refractivity contribution in [1.82, 2.24) is 4.57 Å². The zero-order chi connectivity index (χ0) is 15.8. The molecule has 1 aromatic carbocycles. The molecule has 0 unspecified atom stereocenters. The van der Waals surface area contributed by atoms with Crippen molar-refractivity contribution in [1.29, 1.82) is 0 Å². The summed E-state index contributed by atoms with van der Waals surface area (Å²) in [4.78, 5) is 10.6. The highest BCUT2D eigenvalue weighted by atomic mass is 35.5. The van der Waals surface area contributed by atoms with Gasteiger partial charge in [0.25, 0.3) is 10.0 Å². The minimum atomic E-state index is -4.10. The Morgan fingerprint density at radius 1 is 1.38 bits per heavy atom. The van der Waals surface area contributed by atoms with Crippen LogP contribution in [0.15, 0.2) is 35.4 Å². The molecule has 0 aliphatic rings. The number of rotatable bonds is 4. The predicted molar refractivity (Wildman–Crippen MR) is 74.6 cm³/mol. The van der Waals surface area contributed by atoms with E-state index in [0.29, 0.717) is 0 Å². The van der Waals surface area contributed by atoms with Crippen molar-refractivity contribution in [2.75, 3.05) is 4.72 Å². The molecule has 0 fully saturated rings. The first kappa shape index (κ1) is 15.3. The molecule has 0 atom stereocenters. The van der Waals surface area contributed by atoms with Crippen LogP contribution in [0.5, 0.6) is 0 Å². The molecule has 0 spiro atoms. The Morgan fingerprint density at radius 2 is 2.05 bits per heavy atom. The Labute approximate surface area is 124 Å². The van der Waals surface area contributed by atoms with E-state index in [-0.39, 0.29) is 21.3 Å². The van der Waals surface area contributed by atoms with Crippen molar-refractivity contribution >= 4 is 33.3 Å². The zero-order valence-corrected chi connectivity index (χ0v) is 12.2. The van der Waals surface area contributed by atoms with Crippen LogP contribution in [0, 0.1) is 5.82 Å². The molecule has 0 aliphatic carbocycles. The highest BCUT2D eigenvalue weighted by molar-refractivity contribution is 7.92. The Balaban J connectivity index is 2.38. The third kappa shape index (κ3) is 3.17. The normalized spacial score (nSPS) is 11.4. The quantitative estimate of drug-likeness (QED) is 0.899. The van der Waals surface area contributed by atoms with Crippen LogP contribution < -0.4 is 4.72 Å². The molecule has 0 aliphatic heterocycles. The molecule has 1 aromatic heterocycles. The van der Waals surface area contributed by atoms with Crippen LogP contribution in [-0.4, -0.2) is 24.1 Å². The molecule has 0 radical (unpaired) electrons. The van der Waals surface area contributed by atoms with E-state index in [0.717, 1.165) is 22.9 Å². The standard InChI is InChI=1S/C12H10ClFN2O4S/c1-16-6-8(5-11(16)12(17)18)21(19,20)15-10-3-2-7(13)4-9(10)14/h2-6,15H,1H3,(H,17,18). The molecule has 9 heteroatoms. The molecule has 0 bridgehead atoms. The first-order valence-electron chi connectivity index (χ1n) is 5.58. The largest absolute Gasteiger partial charge is 0.477 e. The number of halogens is 2. The number of carboxylic acid groups (broad SMARTS) is 1. The number of nitrogens with one attached hydrogen (secondary N) is 1. The summed E-state index contributed by atoms with van der Waals surface area (Å²) in [5, 5.41) is 9.03. The molecule has 2 rings (SSSR count). The van der Waals surface area contributed by atoms with E-state index in [1.807, 2.05) is 4.72 Å². The average molecular weight is 333 g/mol. The Morgan fingerprint density at radius 3 is 2.57 bits per heavy atom. The minimum absolute atomic E-state index is 0.128. The van der Waals surface area contributed by atoms with Crippen LogP contribution >= 0.6 is 11.6 Å². The number of aromatic nitrogens is 1. The Bertz CT molecular complexity index is 817. The summed E-state index contributed by atoms with van der Waals surface area (Å²) in [5.74, 6) is -2.10. The zero-order valence-electron chi connectivity index (χ0n) is 10.7. The molecule has 112 valence electrons. The highest BCUT2D eigenvalue weighted by Crippen LogP contribution is 2.23. The number of hydrogen-bond donors (Lipinski definition) is 2. The van der Waals surface area contributed by atoms with Gasteiger partial charge in [-0.2, -0.15) is 0 Å². The fourth-order valence-corrected chi connectivity index (χ4v) is 2.97. The molecule has 21 heavy (non-hydrogen) atoms. The van der Waals surface area contributed by atoms with Crippen LogP contribution in [0.1, 0.15) is 10.5 Å². The summed E-state index contributed by atoms with van der Waals surface area (Å²) in [7, 11) is -2.71. The van der Waals surface area contributed by atoms with Gasteiger partial charge in [-0.25, -0.2) is 17.6 Å². The number of carboxylic acids is 1. The van der Waals surface area contributed by atoms with Gasteiger partial charge in [0.1, 0.15) is 16.4 Å². The molecule has 1 heterocycles. The Hall–Kier alpha value is -2.06. The molecular formula is C12H10ClFN2O4S. The number of nitrogens with zero attached hydrogens (tertiary/aromatic N) is 1. The van der Waals surface area contributed by atoms with Crippen molar-refractivity contribution < 1.29 is 22.7 Å². The van der Waals surface area contributed by atoms with Gasteiger partial charge in [0.05, 0.1) is 5.69 Å². The summed E-state index contributed by atoms with van der Waals surface area (Å²) in [6.45, 7) is 0. The second-order valence-corrected chi connectivity index (χ2v) is 6.33. The van der Waals surface area contributed by atoms with Crippen LogP contribution in [0.2, 0.25) is 5.02 Å². The maximum Gasteiger partial charge on any atom is 0.352 e. The lowest BCUT2D eigenvalue weighted by Crippen LogP contribution is -2.13. The van der Waals surface area contributed by atoms with Gasteiger partial charge in [-0.3, -0.25) is 4.72 Å². The van der Waals surface area contributed by atoms with Gasteiger partial charge in [-0.05, 0) is 24.3 Å². The van der Waals surface area contributed by atoms with Gasteiger partial charge in [0, 0.05) is 18.3 Å². The summed E-state index contributed by atoms with van der Waals surface area (Å²) in [6, 6.07) is 4.46. The summed E-state index contributed by atoms with van der Waals surface area (Å²) >= 11 is 5.58. The highest BCUT2D eigenvalue weighted by Gasteiger charge is 2.21. The van der Waals surface area contributed by atoms with Gasteiger partial charge >= 0.3 is 5.97 Å². The first-order chi connectivity index (χ1) is 9.70. The third-order valence-corrected chi connectivity index (χ3v) is 4.25. The van der Waals surface area contributed by atoms with Gasteiger partial charge < -0.3 is 9.67 Å². The van der Waals surface area contributed by atoms with Crippen LogP contribution in [0.3, 0.4) is 0 Å². The van der Waals surface area contributed by atoms with Crippen molar-refractivity contribution in [2.45, 2.75) is 4.90 Å². The first-order valence-corrected chi connectivity index (χ1v) is 7.44. The maximum atomic E-state index is 13.6. The topological polar surface area (TPSA) is 88.4 Å². The van der Waals surface area contributed by atoms with Crippen LogP contribution in [0.4, 0.5) is 10.1 Å². The molecule has 2 N–H and O–H groups in total. The summed E-state index contributed by atoms with van der Waals surface area (Å²) in [5.41, 5.74) is -0.480. The van der Waals surface area contributed by atoms with Gasteiger partial charge in [-0.1, -0.05) is 11.6 Å². The van der Waals surface area contributed by atoms with E-state index < -0.39 is 21.8 Å². The van der Waals surface area contributed by atoms with Gasteiger partial charge in [0.15, 0.2) is 0 Å². The second-order valence-electron chi connectivity index (χ2n) is 4.21. The lowest BCUT2D eigenvalue weighted by molar-refractivity contribution is 0.0686. The van der Waals surface area contributed by atoms with Gasteiger partial charge in [0.2, 0.25) is 0 Å². The number of carbonyl (C=O) groups is 1. The van der Waals surface area contributed by atoms with E-state index in [9.17, 15) is 17.6 Å². The number of sulfonamides is 1. The van der Waals surface area contributed by atoms with Crippen molar-refractivity contribution in [3.8, 4) is 0 Å².